The Balaban J connectivity index is 1.76. The standard InChI is InChI=1S/C24H23ClFNO3/c1-3-29-22-13-10-18(14-19(22)15-30-23-7-5-4-6-21(23)25)24(28)27-16(2)17-8-11-20(26)12-9-17/h4-14,16H,3,15H2,1-2H3,(H,27,28). The third-order valence-electron chi connectivity index (χ3n) is 4.56. The molecule has 156 valence electrons. The molecule has 6 heteroatoms. The molecule has 0 fully saturated rings. The summed E-state index contributed by atoms with van der Waals surface area (Å²) in [5, 5.41) is 3.44. The van der Waals surface area contributed by atoms with Gasteiger partial charge in [-0.2, -0.15) is 0 Å². The van der Waals surface area contributed by atoms with Crippen molar-refractivity contribution in [2.24, 2.45) is 0 Å². The van der Waals surface area contributed by atoms with E-state index in [1.54, 1.807) is 42.5 Å². The number of rotatable bonds is 8. The van der Waals surface area contributed by atoms with Crippen LogP contribution in [0.25, 0.3) is 0 Å². The van der Waals surface area contributed by atoms with E-state index in [9.17, 15) is 9.18 Å². The average molecular weight is 428 g/mol. The summed E-state index contributed by atoms with van der Waals surface area (Å²) in [7, 11) is 0. The number of hydrogen-bond donors (Lipinski definition) is 1. The van der Waals surface area contributed by atoms with Crippen molar-refractivity contribution in [2.75, 3.05) is 6.61 Å². The van der Waals surface area contributed by atoms with Crippen LogP contribution in [0.3, 0.4) is 0 Å². The molecule has 0 aliphatic rings. The fraction of sp³-hybridized carbons (Fsp3) is 0.208. The van der Waals surface area contributed by atoms with Gasteiger partial charge in [0, 0.05) is 11.1 Å². The lowest BCUT2D eigenvalue weighted by atomic mass is 10.1. The number of ether oxygens (including phenoxy) is 2. The lowest BCUT2D eigenvalue weighted by molar-refractivity contribution is 0.0939. The van der Waals surface area contributed by atoms with Gasteiger partial charge in [0.05, 0.1) is 17.7 Å². The first-order valence-electron chi connectivity index (χ1n) is 9.67. The van der Waals surface area contributed by atoms with E-state index in [-0.39, 0.29) is 24.4 Å². The van der Waals surface area contributed by atoms with Crippen molar-refractivity contribution in [3.05, 3.63) is 94.3 Å². The van der Waals surface area contributed by atoms with Gasteiger partial charge < -0.3 is 14.8 Å². The molecule has 3 aromatic carbocycles. The van der Waals surface area contributed by atoms with Crippen LogP contribution in [0.2, 0.25) is 5.02 Å². The number of carbonyl (C=O) groups is 1. The molecule has 1 amide bonds. The molecular weight excluding hydrogens is 405 g/mol. The number of para-hydroxylation sites is 1. The van der Waals surface area contributed by atoms with Crippen molar-refractivity contribution in [1.82, 2.24) is 5.32 Å². The van der Waals surface area contributed by atoms with Gasteiger partial charge in [0.25, 0.3) is 5.91 Å². The number of carbonyl (C=O) groups excluding carboxylic acids is 1. The number of halogens is 2. The minimum absolute atomic E-state index is 0.202. The summed E-state index contributed by atoms with van der Waals surface area (Å²) < 4.78 is 24.6. The zero-order chi connectivity index (χ0) is 21.5. The summed E-state index contributed by atoms with van der Waals surface area (Å²) in [6.45, 7) is 4.44. The van der Waals surface area contributed by atoms with E-state index in [4.69, 9.17) is 21.1 Å². The van der Waals surface area contributed by atoms with Crippen molar-refractivity contribution < 1.29 is 18.7 Å². The summed E-state index contributed by atoms with van der Waals surface area (Å²) in [4.78, 5) is 12.8. The quantitative estimate of drug-likeness (QED) is 0.483. The summed E-state index contributed by atoms with van der Waals surface area (Å²) in [5.41, 5.74) is 2.03. The Kier molecular flexibility index (Phi) is 7.31. The molecule has 30 heavy (non-hydrogen) atoms. The van der Waals surface area contributed by atoms with Gasteiger partial charge in [-0.25, -0.2) is 4.39 Å². The van der Waals surface area contributed by atoms with Crippen LogP contribution in [-0.2, 0) is 6.61 Å². The molecule has 0 saturated carbocycles. The smallest absolute Gasteiger partial charge is 0.251 e. The third kappa shape index (κ3) is 5.51. The van der Waals surface area contributed by atoms with Gasteiger partial charge in [-0.3, -0.25) is 4.79 Å². The Labute approximate surface area is 180 Å². The molecule has 0 aliphatic carbocycles. The van der Waals surface area contributed by atoms with Crippen LogP contribution in [0.5, 0.6) is 11.5 Å². The normalized spacial score (nSPS) is 11.6. The van der Waals surface area contributed by atoms with Crippen LogP contribution < -0.4 is 14.8 Å². The first kappa shape index (κ1) is 21.7. The fourth-order valence-corrected chi connectivity index (χ4v) is 3.15. The topological polar surface area (TPSA) is 47.6 Å². The molecule has 0 aliphatic heterocycles. The van der Waals surface area contributed by atoms with E-state index in [0.29, 0.717) is 28.7 Å². The first-order chi connectivity index (χ1) is 14.5. The molecule has 0 spiro atoms. The Morgan fingerprint density at radius 3 is 2.47 bits per heavy atom. The van der Waals surface area contributed by atoms with Gasteiger partial charge in [0.1, 0.15) is 23.9 Å². The average Bonchev–Trinajstić information content (AvgIpc) is 2.74. The van der Waals surface area contributed by atoms with Crippen molar-refractivity contribution in [2.45, 2.75) is 26.5 Å². The number of nitrogens with one attached hydrogen (secondary N) is 1. The van der Waals surface area contributed by atoms with E-state index in [2.05, 4.69) is 5.32 Å². The molecule has 0 radical (unpaired) electrons. The molecular formula is C24H23ClFNO3. The lowest BCUT2D eigenvalue weighted by Crippen LogP contribution is -2.26. The largest absolute Gasteiger partial charge is 0.493 e. The summed E-state index contributed by atoms with van der Waals surface area (Å²) >= 11 is 6.15. The lowest BCUT2D eigenvalue weighted by Gasteiger charge is -2.16. The van der Waals surface area contributed by atoms with Gasteiger partial charge in [0.15, 0.2) is 0 Å². The van der Waals surface area contributed by atoms with Crippen molar-refractivity contribution in [3.63, 3.8) is 0 Å². The second-order valence-corrected chi connectivity index (χ2v) is 7.13. The van der Waals surface area contributed by atoms with E-state index >= 15 is 0 Å². The zero-order valence-electron chi connectivity index (χ0n) is 16.8. The predicted octanol–water partition coefficient (Wildman–Crippen LogP) is 5.95. The van der Waals surface area contributed by atoms with Crippen LogP contribution in [0.15, 0.2) is 66.7 Å². The number of amides is 1. The molecule has 4 nitrogen and oxygen atoms in total. The van der Waals surface area contributed by atoms with Crippen molar-refractivity contribution in [3.8, 4) is 11.5 Å². The van der Waals surface area contributed by atoms with E-state index < -0.39 is 0 Å². The molecule has 0 aromatic heterocycles. The Morgan fingerprint density at radius 1 is 1.03 bits per heavy atom. The molecule has 0 heterocycles. The van der Waals surface area contributed by atoms with Gasteiger partial charge in [-0.15, -0.1) is 0 Å². The summed E-state index contributed by atoms with van der Waals surface area (Å²) in [5.74, 6) is 0.648. The molecule has 1 N–H and O–H groups in total. The first-order valence-corrected chi connectivity index (χ1v) is 10.0. The van der Waals surface area contributed by atoms with Gasteiger partial charge in [-0.05, 0) is 61.9 Å². The van der Waals surface area contributed by atoms with Gasteiger partial charge in [-0.1, -0.05) is 35.9 Å². The molecule has 1 unspecified atom stereocenters. The van der Waals surface area contributed by atoms with E-state index in [0.717, 1.165) is 11.1 Å². The van der Waals surface area contributed by atoms with Crippen molar-refractivity contribution in [1.29, 1.82) is 0 Å². The summed E-state index contributed by atoms with van der Waals surface area (Å²) in [6, 6.07) is 18.2. The minimum atomic E-state index is -0.313. The highest BCUT2D eigenvalue weighted by molar-refractivity contribution is 6.32. The molecule has 0 saturated heterocycles. The Hall–Kier alpha value is -3.05. The Bertz CT molecular complexity index is 1010. The maximum Gasteiger partial charge on any atom is 0.251 e. The fourth-order valence-electron chi connectivity index (χ4n) is 2.96. The number of benzene rings is 3. The summed E-state index contributed by atoms with van der Waals surface area (Å²) in [6.07, 6.45) is 0. The van der Waals surface area contributed by atoms with Crippen LogP contribution in [0.1, 0.15) is 41.4 Å². The molecule has 3 aromatic rings. The zero-order valence-corrected chi connectivity index (χ0v) is 17.6. The minimum Gasteiger partial charge on any atom is -0.493 e. The molecule has 0 bridgehead atoms. The van der Waals surface area contributed by atoms with E-state index in [1.165, 1.54) is 12.1 Å². The maximum absolute atomic E-state index is 13.1. The molecule has 1 atom stereocenters. The second-order valence-electron chi connectivity index (χ2n) is 6.72. The highest BCUT2D eigenvalue weighted by Crippen LogP contribution is 2.27. The van der Waals surface area contributed by atoms with Gasteiger partial charge >= 0.3 is 0 Å². The number of hydrogen-bond acceptors (Lipinski definition) is 3. The monoisotopic (exact) mass is 427 g/mol. The van der Waals surface area contributed by atoms with Crippen LogP contribution in [0, 0.1) is 5.82 Å². The maximum atomic E-state index is 13.1. The van der Waals surface area contributed by atoms with Crippen LogP contribution >= 0.6 is 11.6 Å². The Morgan fingerprint density at radius 2 is 1.77 bits per heavy atom. The highest BCUT2D eigenvalue weighted by Gasteiger charge is 2.15. The predicted molar refractivity (Wildman–Crippen MR) is 116 cm³/mol. The molecule has 3 rings (SSSR count). The van der Waals surface area contributed by atoms with E-state index in [1.807, 2.05) is 26.0 Å². The highest BCUT2D eigenvalue weighted by atomic mass is 35.5. The van der Waals surface area contributed by atoms with Crippen molar-refractivity contribution >= 4 is 17.5 Å². The third-order valence-corrected chi connectivity index (χ3v) is 4.87. The SMILES string of the molecule is CCOc1ccc(C(=O)NC(C)c2ccc(F)cc2)cc1COc1ccccc1Cl. The second kappa shape index (κ2) is 10.1. The van der Waals surface area contributed by atoms with Crippen LogP contribution in [-0.4, -0.2) is 12.5 Å². The van der Waals surface area contributed by atoms with Gasteiger partial charge in [0.2, 0.25) is 0 Å². The van der Waals surface area contributed by atoms with Crippen LogP contribution in [0.4, 0.5) is 4.39 Å².